The number of rotatable bonds is 7. The summed E-state index contributed by atoms with van der Waals surface area (Å²) in [5.41, 5.74) is 0.412. The van der Waals surface area contributed by atoms with Gasteiger partial charge in [0.25, 0.3) is 0 Å². The van der Waals surface area contributed by atoms with Crippen LogP contribution < -0.4 is 21.3 Å². The fourth-order valence-corrected chi connectivity index (χ4v) is 3.05. The molecule has 1 aromatic rings. The third kappa shape index (κ3) is 7.64. The molecule has 0 saturated heterocycles. The number of carbonyl (C=O) groups is 3. The van der Waals surface area contributed by atoms with Gasteiger partial charge in [0.1, 0.15) is 5.82 Å². The fourth-order valence-electron chi connectivity index (χ4n) is 3.05. The van der Waals surface area contributed by atoms with E-state index in [-0.39, 0.29) is 36.0 Å². The molecule has 1 aliphatic carbocycles. The molecule has 0 heterocycles. The summed E-state index contributed by atoms with van der Waals surface area (Å²) in [7, 11) is 0. The number of anilines is 2. The Labute approximate surface area is 158 Å². The Morgan fingerprint density at radius 2 is 1.85 bits per heavy atom. The molecule has 1 saturated carbocycles. The summed E-state index contributed by atoms with van der Waals surface area (Å²) in [4.78, 5) is 34.8. The molecule has 4 amide bonds. The molecule has 0 unspecified atom stereocenters. The molecule has 7 nitrogen and oxygen atoms in total. The molecule has 1 aromatic carbocycles. The van der Waals surface area contributed by atoms with Gasteiger partial charge < -0.3 is 21.3 Å². The quantitative estimate of drug-likeness (QED) is 0.549. The molecule has 8 heteroatoms. The molecular weight excluding hydrogens is 351 g/mol. The van der Waals surface area contributed by atoms with Crippen LogP contribution in [0.25, 0.3) is 0 Å². The maximum absolute atomic E-state index is 13.8. The van der Waals surface area contributed by atoms with Crippen molar-refractivity contribution in [3.63, 3.8) is 0 Å². The average molecular weight is 378 g/mol. The average Bonchev–Trinajstić information content (AvgIpc) is 2.62. The number of hydrogen-bond acceptors (Lipinski definition) is 3. The monoisotopic (exact) mass is 378 g/mol. The largest absolute Gasteiger partial charge is 0.338 e. The van der Waals surface area contributed by atoms with E-state index in [9.17, 15) is 18.8 Å². The zero-order valence-corrected chi connectivity index (χ0v) is 15.6. The molecule has 148 valence electrons. The lowest BCUT2D eigenvalue weighted by atomic mass is 9.96. The third-order valence-corrected chi connectivity index (χ3v) is 4.37. The first kappa shape index (κ1) is 20.7. The van der Waals surface area contributed by atoms with Gasteiger partial charge in [-0.2, -0.15) is 0 Å². The van der Waals surface area contributed by atoms with E-state index >= 15 is 0 Å². The number of benzene rings is 1. The van der Waals surface area contributed by atoms with E-state index in [0.717, 1.165) is 25.7 Å². The van der Waals surface area contributed by atoms with Gasteiger partial charge in [-0.05, 0) is 37.5 Å². The summed E-state index contributed by atoms with van der Waals surface area (Å²) < 4.78 is 13.8. The summed E-state index contributed by atoms with van der Waals surface area (Å²) in [5, 5.41) is 10.7. The van der Waals surface area contributed by atoms with Gasteiger partial charge >= 0.3 is 6.03 Å². The topological polar surface area (TPSA) is 99.3 Å². The Kier molecular flexibility index (Phi) is 8.03. The fraction of sp³-hybridized carbons (Fsp3) is 0.526. The van der Waals surface area contributed by atoms with Crippen LogP contribution in [0.2, 0.25) is 0 Å². The number of urea groups is 1. The predicted molar refractivity (Wildman–Crippen MR) is 102 cm³/mol. The Hall–Kier alpha value is -2.64. The summed E-state index contributed by atoms with van der Waals surface area (Å²) in [5.74, 6) is -1.22. The predicted octanol–water partition coefficient (Wildman–Crippen LogP) is 3.13. The van der Waals surface area contributed by atoms with Crippen molar-refractivity contribution in [2.75, 3.05) is 17.2 Å². The molecule has 27 heavy (non-hydrogen) atoms. The zero-order chi connectivity index (χ0) is 19.6. The Morgan fingerprint density at radius 1 is 1.11 bits per heavy atom. The number of amides is 4. The van der Waals surface area contributed by atoms with Crippen LogP contribution in [0, 0.1) is 5.82 Å². The van der Waals surface area contributed by atoms with Gasteiger partial charge in [0.15, 0.2) is 0 Å². The zero-order valence-electron chi connectivity index (χ0n) is 15.6. The summed E-state index contributed by atoms with van der Waals surface area (Å²) in [6.07, 6.45) is 6.13. The molecule has 2 rings (SSSR count). The van der Waals surface area contributed by atoms with Crippen molar-refractivity contribution in [1.29, 1.82) is 0 Å². The van der Waals surface area contributed by atoms with Gasteiger partial charge in [-0.3, -0.25) is 9.59 Å². The lowest BCUT2D eigenvalue weighted by Crippen LogP contribution is -2.43. The highest BCUT2D eigenvalue weighted by molar-refractivity contribution is 5.93. The Balaban J connectivity index is 1.68. The molecule has 0 atom stereocenters. The molecular formula is C19H27FN4O3. The second-order valence-corrected chi connectivity index (χ2v) is 6.76. The highest BCUT2D eigenvalue weighted by Crippen LogP contribution is 2.20. The molecule has 4 N–H and O–H groups in total. The highest BCUT2D eigenvalue weighted by atomic mass is 19.1. The van der Waals surface area contributed by atoms with Crippen molar-refractivity contribution < 1.29 is 18.8 Å². The first-order valence-corrected chi connectivity index (χ1v) is 9.35. The van der Waals surface area contributed by atoms with Crippen LogP contribution in [0.5, 0.6) is 0 Å². The Bertz CT molecular complexity index is 675. The SMILES string of the molecule is CC(=O)Nc1ccc(F)c(NC(=O)CCCNC(=O)NC2CCCCC2)c1. The van der Waals surface area contributed by atoms with Gasteiger partial charge in [0, 0.05) is 31.6 Å². The first-order valence-electron chi connectivity index (χ1n) is 9.35. The normalized spacial score (nSPS) is 14.3. The molecule has 0 spiro atoms. The van der Waals surface area contributed by atoms with E-state index in [4.69, 9.17) is 0 Å². The van der Waals surface area contributed by atoms with E-state index in [0.29, 0.717) is 18.7 Å². The lowest BCUT2D eigenvalue weighted by Gasteiger charge is -2.22. The van der Waals surface area contributed by atoms with Crippen LogP contribution in [-0.4, -0.2) is 30.4 Å². The van der Waals surface area contributed by atoms with E-state index < -0.39 is 5.82 Å². The second kappa shape index (κ2) is 10.5. The van der Waals surface area contributed by atoms with Crippen molar-refractivity contribution in [1.82, 2.24) is 10.6 Å². The number of nitrogens with one attached hydrogen (secondary N) is 4. The third-order valence-electron chi connectivity index (χ3n) is 4.37. The van der Waals surface area contributed by atoms with E-state index in [1.165, 1.54) is 31.5 Å². The van der Waals surface area contributed by atoms with Gasteiger partial charge in [-0.15, -0.1) is 0 Å². The molecule has 0 aliphatic heterocycles. The van der Waals surface area contributed by atoms with Crippen LogP contribution in [-0.2, 0) is 9.59 Å². The minimum atomic E-state index is -0.581. The van der Waals surface area contributed by atoms with Crippen LogP contribution in [0.3, 0.4) is 0 Å². The van der Waals surface area contributed by atoms with Gasteiger partial charge in [-0.1, -0.05) is 19.3 Å². The van der Waals surface area contributed by atoms with Crippen molar-refractivity contribution in [2.24, 2.45) is 0 Å². The van der Waals surface area contributed by atoms with Crippen molar-refractivity contribution in [3.05, 3.63) is 24.0 Å². The lowest BCUT2D eigenvalue weighted by molar-refractivity contribution is -0.116. The number of halogens is 1. The minimum Gasteiger partial charge on any atom is -0.338 e. The maximum atomic E-state index is 13.8. The first-order chi connectivity index (χ1) is 12.9. The van der Waals surface area contributed by atoms with E-state index in [1.54, 1.807) is 0 Å². The summed E-state index contributed by atoms with van der Waals surface area (Å²) >= 11 is 0. The smallest absolute Gasteiger partial charge is 0.315 e. The number of carbonyl (C=O) groups excluding carboxylic acids is 3. The molecule has 0 aromatic heterocycles. The van der Waals surface area contributed by atoms with E-state index in [2.05, 4.69) is 21.3 Å². The van der Waals surface area contributed by atoms with Crippen molar-refractivity contribution in [3.8, 4) is 0 Å². The van der Waals surface area contributed by atoms with Gasteiger partial charge in [-0.25, -0.2) is 9.18 Å². The van der Waals surface area contributed by atoms with Gasteiger partial charge in [0.05, 0.1) is 5.69 Å². The highest BCUT2D eigenvalue weighted by Gasteiger charge is 2.15. The van der Waals surface area contributed by atoms with Gasteiger partial charge in [0.2, 0.25) is 11.8 Å². The molecule has 0 bridgehead atoms. The number of hydrogen-bond donors (Lipinski definition) is 4. The standard InChI is InChI=1S/C19H27FN4O3/c1-13(25)22-15-9-10-16(20)17(12-15)24-18(26)8-5-11-21-19(27)23-14-6-3-2-4-7-14/h9-10,12,14H,2-8,11H2,1H3,(H,22,25)(H,24,26)(H2,21,23,27). The van der Waals surface area contributed by atoms with Crippen molar-refractivity contribution in [2.45, 2.75) is 57.9 Å². The Morgan fingerprint density at radius 3 is 2.56 bits per heavy atom. The second-order valence-electron chi connectivity index (χ2n) is 6.76. The van der Waals surface area contributed by atoms with Crippen LogP contribution in [0.1, 0.15) is 51.9 Å². The molecule has 1 fully saturated rings. The summed E-state index contributed by atoms with van der Waals surface area (Å²) in [6, 6.07) is 3.99. The van der Waals surface area contributed by atoms with Crippen LogP contribution in [0.15, 0.2) is 18.2 Å². The van der Waals surface area contributed by atoms with Crippen LogP contribution in [0.4, 0.5) is 20.6 Å². The minimum absolute atomic E-state index is 0.00857. The summed E-state index contributed by atoms with van der Waals surface area (Å²) in [6.45, 7) is 1.71. The van der Waals surface area contributed by atoms with E-state index in [1.807, 2.05) is 0 Å². The maximum Gasteiger partial charge on any atom is 0.315 e. The molecule has 1 aliphatic rings. The molecule has 0 radical (unpaired) electrons. The van der Waals surface area contributed by atoms with Crippen molar-refractivity contribution >= 4 is 29.2 Å². The van der Waals surface area contributed by atoms with Crippen LogP contribution >= 0.6 is 0 Å².